The largest absolute Gasteiger partial charge is 0.306 e. The molecular formula is C13H14BrNS. The van der Waals surface area contributed by atoms with Crippen LogP contribution < -0.4 is 5.32 Å². The summed E-state index contributed by atoms with van der Waals surface area (Å²) in [6.45, 7) is 3.10. The molecule has 0 aliphatic heterocycles. The highest BCUT2D eigenvalue weighted by molar-refractivity contribution is 9.11. The Labute approximate surface area is 109 Å². The average molecular weight is 296 g/mol. The molecule has 1 unspecified atom stereocenters. The molecule has 1 aromatic carbocycles. The molecule has 16 heavy (non-hydrogen) atoms. The zero-order chi connectivity index (χ0) is 11.4. The highest BCUT2D eigenvalue weighted by atomic mass is 79.9. The molecule has 0 saturated heterocycles. The Morgan fingerprint density at radius 3 is 2.50 bits per heavy atom. The number of benzene rings is 1. The zero-order valence-corrected chi connectivity index (χ0v) is 11.5. The van der Waals surface area contributed by atoms with E-state index >= 15 is 0 Å². The van der Waals surface area contributed by atoms with Crippen molar-refractivity contribution in [3.63, 3.8) is 0 Å². The second-order valence-corrected chi connectivity index (χ2v) is 6.04. The monoisotopic (exact) mass is 295 g/mol. The summed E-state index contributed by atoms with van der Waals surface area (Å²) in [7, 11) is 0. The molecule has 0 saturated carbocycles. The maximum atomic E-state index is 3.52. The topological polar surface area (TPSA) is 12.0 Å². The van der Waals surface area contributed by atoms with Crippen LogP contribution in [0.25, 0.3) is 0 Å². The van der Waals surface area contributed by atoms with Crippen LogP contribution in [-0.4, -0.2) is 6.54 Å². The van der Waals surface area contributed by atoms with Gasteiger partial charge in [-0.25, -0.2) is 0 Å². The summed E-state index contributed by atoms with van der Waals surface area (Å²) in [4.78, 5) is 1.35. The van der Waals surface area contributed by atoms with Gasteiger partial charge < -0.3 is 5.32 Å². The molecular weight excluding hydrogens is 282 g/mol. The van der Waals surface area contributed by atoms with Crippen molar-refractivity contribution in [2.75, 3.05) is 6.54 Å². The molecule has 0 aliphatic carbocycles. The van der Waals surface area contributed by atoms with Gasteiger partial charge in [-0.2, -0.15) is 0 Å². The van der Waals surface area contributed by atoms with Gasteiger partial charge in [-0.1, -0.05) is 37.3 Å². The van der Waals surface area contributed by atoms with Gasteiger partial charge in [0.05, 0.1) is 9.83 Å². The smallest absolute Gasteiger partial charge is 0.0702 e. The highest BCUT2D eigenvalue weighted by Gasteiger charge is 2.14. The van der Waals surface area contributed by atoms with Crippen LogP contribution in [0.2, 0.25) is 0 Å². The summed E-state index contributed by atoms with van der Waals surface area (Å²) in [6.07, 6.45) is 0. The van der Waals surface area contributed by atoms with Crippen molar-refractivity contribution in [2.45, 2.75) is 13.0 Å². The Morgan fingerprint density at radius 2 is 1.94 bits per heavy atom. The van der Waals surface area contributed by atoms with Crippen LogP contribution in [0.4, 0.5) is 0 Å². The summed E-state index contributed by atoms with van der Waals surface area (Å²) < 4.78 is 1.18. The predicted octanol–water partition coefficient (Wildman–Crippen LogP) is 4.21. The van der Waals surface area contributed by atoms with Gasteiger partial charge in [0.25, 0.3) is 0 Å². The Kier molecular flexibility index (Phi) is 4.16. The van der Waals surface area contributed by atoms with Crippen LogP contribution in [0.1, 0.15) is 23.4 Å². The van der Waals surface area contributed by atoms with Crippen LogP contribution in [0.5, 0.6) is 0 Å². The number of thiophene rings is 1. The molecule has 84 valence electrons. The van der Waals surface area contributed by atoms with Crippen molar-refractivity contribution >= 4 is 27.3 Å². The standard InChI is InChI=1S/C13H14BrNS/c1-2-15-13(10-6-4-3-5-7-10)11-8-9-12(14)16-11/h3-9,13,15H,2H2,1H3. The van der Waals surface area contributed by atoms with Crippen molar-refractivity contribution in [3.05, 3.63) is 56.7 Å². The van der Waals surface area contributed by atoms with Crippen LogP contribution >= 0.6 is 27.3 Å². The van der Waals surface area contributed by atoms with Crippen LogP contribution in [0, 0.1) is 0 Å². The van der Waals surface area contributed by atoms with Crippen molar-refractivity contribution < 1.29 is 0 Å². The fourth-order valence-electron chi connectivity index (χ4n) is 1.72. The lowest BCUT2D eigenvalue weighted by Gasteiger charge is -2.16. The lowest BCUT2D eigenvalue weighted by atomic mass is 10.1. The first-order chi connectivity index (χ1) is 7.81. The van der Waals surface area contributed by atoms with Gasteiger partial charge in [0.15, 0.2) is 0 Å². The highest BCUT2D eigenvalue weighted by Crippen LogP contribution is 2.31. The molecule has 0 spiro atoms. The molecule has 0 amide bonds. The van der Waals surface area contributed by atoms with E-state index in [1.807, 2.05) is 0 Å². The molecule has 0 fully saturated rings. The van der Waals surface area contributed by atoms with E-state index in [0.717, 1.165) is 6.54 Å². The molecule has 0 bridgehead atoms. The first kappa shape index (κ1) is 11.8. The van der Waals surface area contributed by atoms with E-state index in [1.165, 1.54) is 14.2 Å². The third-order valence-corrected chi connectivity index (χ3v) is 4.11. The van der Waals surface area contributed by atoms with Gasteiger partial charge in [-0.3, -0.25) is 0 Å². The molecule has 1 nitrogen and oxygen atoms in total. The second-order valence-electron chi connectivity index (χ2n) is 3.54. The first-order valence-electron chi connectivity index (χ1n) is 5.35. The van der Waals surface area contributed by atoms with Crippen molar-refractivity contribution in [1.82, 2.24) is 5.32 Å². The van der Waals surface area contributed by atoms with E-state index in [2.05, 4.69) is 70.6 Å². The molecule has 2 aromatic rings. The van der Waals surface area contributed by atoms with Crippen LogP contribution in [0.15, 0.2) is 46.3 Å². The lowest BCUT2D eigenvalue weighted by Crippen LogP contribution is -2.20. The van der Waals surface area contributed by atoms with Crippen molar-refractivity contribution in [2.24, 2.45) is 0 Å². The second kappa shape index (κ2) is 5.62. The van der Waals surface area contributed by atoms with Crippen molar-refractivity contribution in [3.8, 4) is 0 Å². The maximum Gasteiger partial charge on any atom is 0.0702 e. The number of halogens is 1. The Hall–Kier alpha value is -0.640. The molecule has 2 rings (SSSR count). The number of rotatable bonds is 4. The fourth-order valence-corrected chi connectivity index (χ4v) is 3.24. The first-order valence-corrected chi connectivity index (χ1v) is 6.95. The van der Waals surface area contributed by atoms with Crippen LogP contribution in [-0.2, 0) is 0 Å². The fraction of sp³-hybridized carbons (Fsp3) is 0.231. The minimum absolute atomic E-state index is 0.308. The third kappa shape index (κ3) is 2.73. The van der Waals surface area contributed by atoms with Crippen molar-refractivity contribution in [1.29, 1.82) is 0 Å². The number of nitrogens with one attached hydrogen (secondary N) is 1. The quantitative estimate of drug-likeness (QED) is 0.891. The Balaban J connectivity index is 2.31. The van der Waals surface area contributed by atoms with Crippen LogP contribution in [0.3, 0.4) is 0 Å². The van der Waals surface area contributed by atoms with E-state index < -0.39 is 0 Å². The molecule has 0 radical (unpaired) electrons. The Morgan fingerprint density at radius 1 is 1.19 bits per heavy atom. The minimum atomic E-state index is 0.308. The molecule has 1 aromatic heterocycles. The molecule has 1 heterocycles. The minimum Gasteiger partial charge on any atom is -0.306 e. The normalized spacial score (nSPS) is 12.6. The predicted molar refractivity (Wildman–Crippen MR) is 74.0 cm³/mol. The number of hydrogen-bond donors (Lipinski definition) is 1. The summed E-state index contributed by atoms with van der Waals surface area (Å²) in [5, 5.41) is 3.52. The van der Waals surface area contributed by atoms with Gasteiger partial charge in [-0.05, 0) is 40.2 Å². The van der Waals surface area contributed by atoms with Gasteiger partial charge in [-0.15, -0.1) is 11.3 Å². The molecule has 1 atom stereocenters. The Bertz CT molecular complexity index is 438. The summed E-state index contributed by atoms with van der Waals surface area (Å²) in [5.41, 5.74) is 1.32. The van der Waals surface area contributed by atoms with E-state index in [1.54, 1.807) is 11.3 Å². The summed E-state index contributed by atoms with van der Waals surface area (Å²) in [5.74, 6) is 0. The average Bonchev–Trinajstić information content (AvgIpc) is 2.74. The van der Waals surface area contributed by atoms with E-state index in [0.29, 0.717) is 6.04 Å². The number of hydrogen-bond acceptors (Lipinski definition) is 2. The molecule has 3 heteroatoms. The molecule has 0 aliphatic rings. The third-order valence-electron chi connectivity index (χ3n) is 2.42. The van der Waals surface area contributed by atoms with E-state index in [9.17, 15) is 0 Å². The van der Waals surface area contributed by atoms with E-state index in [-0.39, 0.29) is 0 Å². The van der Waals surface area contributed by atoms with E-state index in [4.69, 9.17) is 0 Å². The van der Waals surface area contributed by atoms with Gasteiger partial charge >= 0.3 is 0 Å². The lowest BCUT2D eigenvalue weighted by molar-refractivity contribution is 0.640. The molecule has 1 N–H and O–H groups in total. The van der Waals surface area contributed by atoms with Gasteiger partial charge in [0.2, 0.25) is 0 Å². The summed E-state index contributed by atoms with van der Waals surface area (Å²) >= 11 is 5.30. The zero-order valence-electron chi connectivity index (χ0n) is 9.11. The van der Waals surface area contributed by atoms with Gasteiger partial charge in [0.1, 0.15) is 0 Å². The van der Waals surface area contributed by atoms with Gasteiger partial charge in [0, 0.05) is 4.88 Å². The SMILES string of the molecule is CCNC(c1ccccc1)c1ccc(Br)s1. The summed E-state index contributed by atoms with van der Waals surface area (Å²) in [6, 6.07) is 15.1. The maximum absolute atomic E-state index is 3.52.